The maximum absolute atomic E-state index is 12.4. The highest BCUT2D eigenvalue weighted by atomic mass is 32.1. The van der Waals surface area contributed by atoms with Gasteiger partial charge in [-0.15, -0.1) is 0 Å². The fraction of sp³-hybridized carbons (Fsp3) is 0.125. The molecule has 120 valence electrons. The maximum atomic E-state index is 12.4. The second-order valence-electron chi connectivity index (χ2n) is 5.19. The van der Waals surface area contributed by atoms with E-state index < -0.39 is 0 Å². The quantitative estimate of drug-likeness (QED) is 0.621. The van der Waals surface area contributed by atoms with Gasteiger partial charge in [-0.2, -0.15) is 0 Å². The van der Waals surface area contributed by atoms with Crippen LogP contribution in [0.15, 0.2) is 36.8 Å². The van der Waals surface area contributed by atoms with Gasteiger partial charge in [0.1, 0.15) is 16.5 Å². The summed E-state index contributed by atoms with van der Waals surface area (Å²) in [5, 5.41) is 2.79. The highest BCUT2D eigenvalue weighted by Crippen LogP contribution is 2.26. The molecule has 0 atom stereocenters. The molecule has 1 N–H and O–H groups in total. The lowest BCUT2D eigenvalue weighted by molar-refractivity contribution is 0.103. The minimum atomic E-state index is -0.209. The monoisotopic (exact) mass is 339 g/mol. The van der Waals surface area contributed by atoms with Crippen LogP contribution in [0, 0.1) is 6.92 Å². The van der Waals surface area contributed by atoms with E-state index in [0.717, 1.165) is 21.7 Å². The lowest BCUT2D eigenvalue weighted by Gasteiger charge is -2.02. The van der Waals surface area contributed by atoms with E-state index in [1.165, 1.54) is 11.3 Å². The number of hydrogen-bond acceptors (Lipinski definition) is 6. The Bertz CT molecular complexity index is 1050. The highest BCUT2D eigenvalue weighted by molar-refractivity contribution is 7.19. The van der Waals surface area contributed by atoms with Crippen LogP contribution in [0.3, 0.4) is 0 Å². The Labute approximate surface area is 141 Å². The molecule has 0 bridgehead atoms. The number of carbonyl (C=O) groups excluding carboxylic acids is 1. The van der Waals surface area contributed by atoms with Gasteiger partial charge >= 0.3 is 0 Å². The van der Waals surface area contributed by atoms with Crippen LogP contribution in [-0.4, -0.2) is 32.4 Å². The number of rotatable bonds is 3. The summed E-state index contributed by atoms with van der Waals surface area (Å²) in [7, 11) is 1.62. The van der Waals surface area contributed by atoms with Crippen molar-refractivity contribution in [1.29, 1.82) is 0 Å². The van der Waals surface area contributed by atoms with Crippen molar-refractivity contribution in [2.45, 2.75) is 6.92 Å². The van der Waals surface area contributed by atoms with Crippen LogP contribution in [0.5, 0.6) is 5.75 Å². The first-order valence-corrected chi connectivity index (χ1v) is 8.01. The zero-order chi connectivity index (χ0) is 16.7. The summed E-state index contributed by atoms with van der Waals surface area (Å²) in [6.45, 7) is 1.79. The zero-order valence-electron chi connectivity index (χ0n) is 13.0. The molecule has 8 heteroatoms. The molecule has 0 radical (unpaired) electrons. The Morgan fingerprint density at radius 1 is 1.29 bits per heavy atom. The molecule has 4 aromatic rings. The third-order valence-electron chi connectivity index (χ3n) is 3.57. The fourth-order valence-electron chi connectivity index (χ4n) is 2.38. The largest absolute Gasteiger partial charge is 0.497 e. The van der Waals surface area contributed by atoms with Crippen molar-refractivity contribution in [2.75, 3.05) is 12.4 Å². The third-order valence-corrected chi connectivity index (χ3v) is 4.56. The summed E-state index contributed by atoms with van der Waals surface area (Å²) in [4.78, 5) is 26.4. The molecular formula is C16H13N5O2S. The van der Waals surface area contributed by atoms with Gasteiger partial charge in [-0.25, -0.2) is 15.0 Å². The number of aromatic nitrogens is 4. The summed E-state index contributed by atoms with van der Waals surface area (Å²) in [5.41, 5.74) is 2.32. The molecule has 7 nitrogen and oxygen atoms in total. The van der Waals surface area contributed by atoms with Gasteiger partial charge in [0.25, 0.3) is 5.91 Å². The smallest absolute Gasteiger partial charge is 0.267 e. The van der Waals surface area contributed by atoms with Crippen molar-refractivity contribution in [3.05, 3.63) is 47.5 Å². The lowest BCUT2D eigenvalue weighted by atomic mass is 10.3. The molecule has 0 unspecified atom stereocenters. The van der Waals surface area contributed by atoms with Crippen LogP contribution in [0.4, 0.5) is 5.69 Å². The van der Waals surface area contributed by atoms with Gasteiger partial charge in [0.15, 0.2) is 4.96 Å². The van der Waals surface area contributed by atoms with Gasteiger partial charge in [0.2, 0.25) is 0 Å². The first-order valence-electron chi connectivity index (χ1n) is 7.20. The number of aryl methyl sites for hydroxylation is 1. The molecule has 3 heterocycles. The molecule has 0 fully saturated rings. The number of hydrogen-bond donors (Lipinski definition) is 1. The van der Waals surface area contributed by atoms with E-state index in [-0.39, 0.29) is 5.91 Å². The Morgan fingerprint density at radius 3 is 2.83 bits per heavy atom. The number of amides is 1. The van der Waals surface area contributed by atoms with Gasteiger partial charge in [-0.05, 0) is 19.1 Å². The summed E-state index contributed by atoms with van der Waals surface area (Å²) in [6.07, 6.45) is 4.95. The van der Waals surface area contributed by atoms with Crippen molar-refractivity contribution in [2.24, 2.45) is 0 Å². The second kappa shape index (κ2) is 5.57. The predicted octanol–water partition coefficient (Wildman–Crippen LogP) is 2.91. The molecule has 0 aliphatic carbocycles. The molecule has 24 heavy (non-hydrogen) atoms. The molecule has 1 aromatic carbocycles. The van der Waals surface area contributed by atoms with Gasteiger partial charge in [-0.3, -0.25) is 9.20 Å². The molecule has 0 aliphatic rings. The van der Waals surface area contributed by atoms with Gasteiger partial charge in [0.05, 0.1) is 36.2 Å². The molecule has 0 aliphatic heterocycles. The fourth-order valence-corrected chi connectivity index (χ4v) is 3.27. The molecule has 0 spiro atoms. The number of thiazole rings is 1. The molecule has 0 saturated heterocycles. The van der Waals surface area contributed by atoms with Crippen molar-refractivity contribution in [3.8, 4) is 5.75 Å². The standard InChI is InChI=1S/C16H13N5O2S/c1-9-17-6-10(7-18-9)19-15(22)14-8-21-13-4-3-11(23-2)5-12(13)20-16(21)24-14/h3-8H,1-2H3,(H,19,22). The normalized spacial score (nSPS) is 11.1. The maximum Gasteiger partial charge on any atom is 0.267 e. The van der Waals surface area contributed by atoms with Crippen molar-refractivity contribution >= 4 is 38.9 Å². The van der Waals surface area contributed by atoms with E-state index in [2.05, 4.69) is 20.3 Å². The SMILES string of the molecule is COc1ccc2c(c1)nc1sc(C(=O)Nc3cnc(C)nc3)cn12. The van der Waals surface area contributed by atoms with E-state index in [0.29, 0.717) is 16.4 Å². The Kier molecular flexibility index (Phi) is 3.39. The van der Waals surface area contributed by atoms with E-state index in [1.54, 1.807) is 32.6 Å². The van der Waals surface area contributed by atoms with Crippen molar-refractivity contribution in [3.63, 3.8) is 0 Å². The van der Waals surface area contributed by atoms with Crippen LogP contribution in [0.2, 0.25) is 0 Å². The number of nitrogens with one attached hydrogen (secondary N) is 1. The molecule has 1 amide bonds. The Morgan fingerprint density at radius 2 is 2.08 bits per heavy atom. The molecular weight excluding hydrogens is 326 g/mol. The van der Waals surface area contributed by atoms with Crippen LogP contribution in [0.25, 0.3) is 16.0 Å². The van der Waals surface area contributed by atoms with E-state index in [9.17, 15) is 4.79 Å². The topological polar surface area (TPSA) is 81.4 Å². The second-order valence-corrected chi connectivity index (χ2v) is 6.20. The molecule has 3 aromatic heterocycles. The van der Waals surface area contributed by atoms with Crippen molar-refractivity contribution < 1.29 is 9.53 Å². The summed E-state index contributed by atoms with van der Waals surface area (Å²) in [5.74, 6) is 1.20. The Hall–Kier alpha value is -3.00. The average Bonchev–Trinajstić information content (AvgIpc) is 3.14. The number of anilines is 1. The van der Waals surface area contributed by atoms with Crippen LogP contribution in [-0.2, 0) is 0 Å². The average molecular weight is 339 g/mol. The first-order chi connectivity index (χ1) is 11.6. The van der Waals surface area contributed by atoms with E-state index in [1.807, 2.05) is 22.6 Å². The number of fused-ring (bicyclic) bond motifs is 3. The van der Waals surface area contributed by atoms with Crippen LogP contribution < -0.4 is 10.1 Å². The summed E-state index contributed by atoms with van der Waals surface area (Å²) < 4.78 is 7.11. The van der Waals surface area contributed by atoms with Gasteiger partial charge < -0.3 is 10.1 Å². The highest BCUT2D eigenvalue weighted by Gasteiger charge is 2.15. The van der Waals surface area contributed by atoms with Crippen LogP contribution in [0.1, 0.15) is 15.5 Å². The third kappa shape index (κ3) is 2.46. The first kappa shape index (κ1) is 14.6. The molecule has 0 saturated carbocycles. The minimum Gasteiger partial charge on any atom is -0.497 e. The summed E-state index contributed by atoms with van der Waals surface area (Å²) >= 11 is 1.33. The van der Waals surface area contributed by atoms with Gasteiger partial charge in [0, 0.05) is 12.3 Å². The number of nitrogens with zero attached hydrogens (tertiary/aromatic N) is 4. The summed E-state index contributed by atoms with van der Waals surface area (Å²) in [6, 6.07) is 5.67. The minimum absolute atomic E-state index is 0.209. The van der Waals surface area contributed by atoms with Crippen LogP contribution >= 0.6 is 11.3 Å². The lowest BCUT2D eigenvalue weighted by Crippen LogP contribution is -2.11. The number of imidazole rings is 1. The van der Waals surface area contributed by atoms with Crippen molar-refractivity contribution in [1.82, 2.24) is 19.4 Å². The predicted molar refractivity (Wildman–Crippen MR) is 91.8 cm³/mol. The number of benzene rings is 1. The van der Waals surface area contributed by atoms with E-state index >= 15 is 0 Å². The number of carbonyl (C=O) groups is 1. The van der Waals surface area contributed by atoms with E-state index in [4.69, 9.17) is 4.74 Å². The number of methoxy groups -OCH3 is 1. The Balaban J connectivity index is 1.67. The zero-order valence-corrected chi connectivity index (χ0v) is 13.8. The van der Waals surface area contributed by atoms with Gasteiger partial charge in [-0.1, -0.05) is 11.3 Å². The number of ether oxygens (including phenoxy) is 1. The molecule has 4 rings (SSSR count).